The van der Waals surface area contributed by atoms with E-state index in [-0.39, 0.29) is 28.3 Å². The van der Waals surface area contributed by atoms with Crippen LogP contribution in [-0.4, -0.2) is 39.1 Å². The van der Waals surface area contributed by atoms with Gasteiger partial charge in [0.25, 0.3) is 0 Å². The van der Waals surface area contributed by atoms with Crippen LogP contribution in [0.4, 0.5) is 5.82 Å². The topological polar surface area (TPSA) is 131 Å². The maximum Gasteiger partial charge on any atom is 0.179 e. The summed E-state index contributed by atoms with van der Waals surface area (Å²) >= 11 is 0. The number of fused-ring (bicyclic) bond motifs is 1. The van der Waals surface area contributed by atoms with Gasteiger partial charge in [0, 0.05) is 6.54 Å². The number of nitrogen functional groups attached to an aromatic ring is 1. The molecule has 0 aliphatic heterocycles. The van der Waals surface area contributed by atoms with Crippen molar-refractivity contribution < 1.29 is 0 Å². The van der Waals surface area contributed by atoms with Crippen molar-refractivity contribution in [2.75, 3.05) is 25.4 Å². The molecule has 24 heavy (non-hydrogen) atoms. The van der Waals surface area contributed by atoms with Gasteiger partial charge in [0.05, 0.1) is 0 Å². The molecule has 0 spiro atoms. The van der Waals surface area contributed by atoms with E-state index in [4.69, 9.17) is 16.3 Å². The third kappa shape index (κ3) is 2.99. The van der Waals surface area contributed by atoms with E-state index in [0.29, 0.717) is 12.2 Å². The lowest BCUT2D eigenvalue weighted by atomic mass is 10.3. The minimum Gasteiger partial charge on any atom is -0.384 e. The lowest BCUT2D eigenvalue weighted by Gasteiger charge is -2.18. The van der Waals surface area contributed by atoms with Gasteiger partial charge in [-0.25, -0.2) is 9.97 Å². The molecule has 2 aromatic heterocycles. The third-order valence-electron chi connectivity index (χ3n) is 3.99. The highest BCUT2D eigenvalue weighted by atomic mass is 15.1. The Labute approximate surface area is 140 Å². The molecule has 122 valence electrons. The highest BCUT2D eigenvalue weighted by Crippen LogP contribution is 2.26. The molecule has 0 saturated heterocycles. The molecule has 0 bridgehead atoms. The molecule has 8 nitrogen and oxygen atoms in total. The first kappa shape index (κ1) is 17.2. The molecular weight excluding hydrogens is 304 g/mol. The van der Waals surface area contributed by atoms with Gasteiger partial charge in [-0.3, -0.25) is 0 Å². The van der Waals surface area contributed by atoms with Crippen molar-refractivity contribution in [3.63, 3.8) is 0 Å². The first-order valence-corrected chi connectivity index (χ1v) is 7.73. The predicted molar refractivity (Wildman–Crippen MR) is 88.5 cm³/mol. The highest BCUT2D eigenvalue weighted by Gasteiger charge is 2.20. The maximum atomic E-state index is 9.34. The van der Waals surface area contributed by atoms with Gasteiger partial charge in [-0.05, 0) is 26.1 Å². The fraction of sp³-hybridized carbons (Fsp3) is 0.438. The summed E-state index contributed by atoms with van der Waals surface area (Å²) in [7, 11) is 0. The van der Waals surface area contributed by atoms with E-state index in [0.717, 1.165) is 26.1 Å². The third-order valence-corrected chi connectivity index (χ3v) is 3.99. The van der Waals surface area contributed by atoms with Crippen LogP contribution in [0.15, 0.2) is 0 Å². The summed E-state index contributed by atoms with van der Waals surface area (Å²) in [4.78, 5) is 10.6. The Morgan fingerprint density at radius 1 is 1.04 bits per heavy atom. The monoisotopic (exact) mass is 322 g/mol. The zero-order chi connectivity index (χ0) is 17.7. The summed E-state index contributed by atoms with van der Waals surface area (Å²) in [6, 6.07) is 5.71. The molecule has 2 rings (SSSR count). The molecule has 2 aromatic rings. The molecule has 0 amide bonds. The standard InChI is InChI=1S/C16H18N8/c1-3-23(4-2)6-5-7-24-15(20)11(8-17)14-16(24)22-13(10-19)12(9-18)21-14/h3-7,20H2,1-2H3. The van der Waals surface area contributed by atoms with Crippen LogP contribution in [0, 0.1) is 34.0 Å². The molecule has 0 saturated carbocycles. The van der Waals surface area contributed by atoms with Crippen LogP contribution in [0.25, 0.3) is 11.2 Å². The van der Waals surface area contributed by atoms with E-state index in [9.17, 15) is 5.26 Å². The largest absolute Gasteiger partial charge is 0.384 e. The van der Waals surface area contributed by atoms with Crippen molar-refractivity contribution in [3.8, 4) is 18.2 Å². The normalized spacial score (nSPS) is 10.5. The number of nitrogens with two attached hydrogens (primary N) is 1. The Morgan fingerprint density at radius 2 is 1.67 bits per heavy atom. The lowest BCUT2D eigenvalue weighted by molar-refractivity contribution is 0.294. The molecule has 0 aliphatic rings. The lowest BCUT2D eigenvalue weighted by Crippen LogP contribution is -2.25. The van der Waals surface area contributed by atoms with Crippen molar-refractivity contribution in [1.82, 2.24) is 19.4 Å². The van der Waals surface area contributed by atoms with E-state index in [1.54, 1.807) is 4.57 Å². The van der Waals surface area contributed by atoms with Crippen LogP contribution in [0.2, 0.25) is 0 Å². The van der Waals surface area contributed by atoms with Crippen molar-refractivity contribution in [2.45, 2.75) is 26.8 Å². The number of anilines is 1. The van der Waals surface area contributed by atoms with Gasteiger partial charge in [-0.1, -0.05) is 13.8 Å². The minimum absolute atomic E-state index is 0.0583. The highest BCUT2D eigenvalue weighted by molar-refractivity contribution is 5.86. The second-order valence-electron chi connectivity index (χ2n) is 5.22. The Kier molecular flexibility index (Phi) is 5.31. The molecule has 0 radical (unpaired) electrons. The smallest absolute Gasteiger partial charge is 0.179 e. The quantitative estimate of drug-likeness (QED) is 0.849. The fourth-order valence-corrected chi connectivity index (χ4v) is 2.64. The number of nitriles is 3. The van der Waals surface area contributed by atoms with Crippen LogP contribution in [0.1, 0.15) is 37.2 Å². The average Bonchev–Trinajstić information content (AvgIpc) is 2.87. The van der Waals surface area contributed by atoms with Crippen LogP contribution < -0.4 is 5.73 Å². The van der Waals surface area contributed by atoms with Gasteiger partial charge in [0.15, 0.2) is 17.0 Å². The molecule has 8 heteroatoms. The summed E-state index contributed by atoms with van der Waals surface area (Å²) < 4.78 is 1.70. The van der Waals surface area contributed by atoms with E-state index < -0.39 is 0 Å². The Hall–Kier alpha value is -3.15. The molecular formula is C16H18N8. The SMILES string of the molecule is CCN(CC)CCCn1c(N)c(C#N)c2nc(C#N)c(C#N)nc21. The number of hydrogen-bond acceptors (Lipinski definition) is 7. The van der Waals surface area contributed by atoms with E-state index >= 15 is 0 Å². The minimum atomic E-state index is -0.0956. The Bertz CT molecular complexity index is 871. The second kappa shape index (κ2) is 7.41. The zero-order valence-electron chi connectivity index (χ0n) is 13.7. The molecule has 2 heterocycles. The molecule has 0 atom stereocenters. The molecule has 0 aliphatic carbocycles. The fourth-order valence-electron chi connectivity index (χ4n) is 2.64. The van der Waals surface area contributed by atoms with E-state index in [1.165, 1.54) is 0 Å². The Balaban J connectivity index is 2.47. The average molecular weight is 322 g/mol. The summed E-state index contributed by atoms with van der Waals surface area (Å²) in [5.41, 5.74) is 6.76. The molecule has 0 aromatic carbocycles. The van der Waals surface area contributed by atoms with Crippen molar-refractivity contribution in [1.29, 1.82) is 15.8 Å². The predicted octanol–water partition coefficient (Wildman–Crippen LogP) is 1.36. The summed E-state index contributed by atoms with van der Waals surface area (Å²) in [5.74, 6) is 0.269. The summed E-state index contributed by atoms with van der Waals surface area (Å²) in [5, 5.41) is 27.5. The van der Waals surface area contributed by atoms with Gasteiger partial charge in [-0.15, -0.1) is 0 Å². The second-order valence-corrected chi connectivity index (χ2v) is 5.22. The van der Waals surface area contributed by atoms with Gasteiger partial charge in [0.1, 0.15) is 35.1 Å². The summed E-state index contributed by atoms with van der Waals surface area (Å²) in [6.45, 7) is 7.59. The number of aryl methyl sites for hydroxylation is 1. The van der Waals surface area contributed by atoms with Crippen LogP contribution in [-0.2, 0) is 6.54 Å². The van der Waals surface area contributed by atoms with Crippen molar-refractivity contribution in [2.24, 2.45) is 0 Å². The number of rotatable bonds is 6. The van der Waals surface area contributed by atoms with Gasteiger partial charge in [-0.2, -0.15) is 15.8 Å². The molecule has 0 unspecified atom stereocenters. The molecule has 0 fully saturated rings. The first-order chi connectivity index (χ1) is 11.6. The Morgan fingerprint density at radius 3 is 2.21 bits per heavy atom. The molecule has 2 N–H and O–H groups in total. The van der Waals surface area contributed by atoms with Crippen LogP contribution in [0.3, 0.4) is 0 Å². The number of aromatic nitrogens is 3. The van der Waals surface area contributed by atoms with Crippen molar-refractivity contribution in [3.05, 3.63) is 17.0 Å². The maximum absolute atomic E-state index is 9.34. The number of hydrogen-bond donors (Lipinski definition) is 1. The first-order valence-electron chi connectivity index (χ1n) is 7.73. The zero-order valence-corrected chi connectivity index (χ0v) is 13.7. The van der Waals surface area contributed by atoms with Crippen LogP contribution in [0.5, 0.6) is 0 Å². The van der Waals surface area contributed by atoms with Crippen molar-refractivity contribution >= 4 is 17.0 Å². The van der Waals surface area contributed by atoms with Crippen LogP contribution >= 0.6 is 0 Å². The van der Waals surface area contributed by atoms with Gasteiger partial charge < -0.3 is 15.2 Å². The summed E-state index contributed by atoms with van der Waals surface area (Å²) in [6.07, 6.45) is 0.824. The van der Waals surface area contributed by atoms with E-state index in [1.807, 2.05) is 18.2 Å². The van der Waals surface area contributed by atoms with E-state index in [2.05, 4.69) is 28.7 Å². The number of nitrogens with zero attached hydrogens (tertiary/aromatic N) is 7. The van der Waals surface area contributed by atoms with Gasteiger partial charge in [0.2, 0.25) is 0 Å². The van der Waals surface area contributed by atoms with Gasteiger partial charge >= 0.3 is 0 Å².